The highest BCUT2D eigenvalue weighted by Crippen LogP contribution is 2.34. The van der Waals surface area contributed by atoms with Gasteiger partial charge in [-0.05, 0) is 24.8 Å². The highest BCUT2D eigenvalue weighted by atomic mass is 14.9. The number of H-pyrrole nitrogens is 1. The van der Waals surface area contributed by atoms with Crippen molar-refractivity contribution in [3.05, 3.63) is 18.2 Å². The molecule has 1 aromatic heterocycles. The highest BCUT2D eigenvalue weighted by molar-refractivity contribution is 4.95. The van der Waals surface area contributed by atoms with E-state index in [2.05, 4.69) is 29.1 Å². The smallest absolute Gasteiger partial charge is 0.107 e. The number of hydrogen-bond acceptors (Lipinski definition) is 2. The molecule has 3 nitrogen and oxygen atoms in total. The fourth-order valence-electron chi connectivity index (χ4n) is 3.03. The van der Waals surface area contributed by atoms with Gasteiger partial charge in [0.1, 0.15) is 5.82 Å². The molecule has 0 radical (unpaired) electrons. The second-order valence-electron chi connectivity index (χ2n) is 4.98. The summed E-state index contributed by atoms with van der Waals surface area (Å²) in [4.78, 5) is 7.55. The van der Waals surface area contributed by atoms with E-state index >= 15 is 0 Å². The van der Waals surface area contributed by atoms with Crippen LogP contribution in [0.1, 0.15) is 38.9 Å². The molecule has 1 aliphatic rings. The summed E-state index contributed by atoms with van der Waals surface area (Å²) in [7, 11) is 0. The summed E-state index contributed by atoms with van der Waals surface area (Å²) in [6, 6.07) is 0.591. The number of imidazole rings is 1. The van der Waals surface area contributed by atoms with Gasteiger partial charge < -0.3 is 10.3 Å². The minimum atomic E-state index is 0.591. The van der Waals surface area contributed by atoms with Crippen LogP contribution in [-0.4, -0.2) is 22.6 Å². The van der Waals surface area contributed by atoms with E-state index in [1.807, 2.05) is 12.4 Å². The fourth-order valence-corrected chi connectivity index (χ4v) is 3.03. The Morgan fingerprint density at radius 3 is 3.00 bits per heavy atom. The number of nitrogens with one attached hydrogen (secondary N) is 2. The Bertz CT molecular complexity index is 294. The highest BCUT2D eigenvalue weighted by Gasteiger charge is 2.30. The van der Waals surface area contributed by atoms with Crippen LogP contribution < -0.4 is 5.32 Å². The van der Waals surface area contributed by atoms with E-state index < -0.39 is 0 Å². The SMILES string of the molecule is CCNC(Cc1ncc[nH]1)C1CCCC1C. The Labute approximate surface area is 98.1 Å². The van der Waals surface area contributed by atoms with Crippen LogP contribution in [0.15, 0.2) is 12.4 Å². The molecule has 0 spiro atoms. The summed E-state index contributed by atoms with van der Waals surface area (Å²) < 4.78 is 0. The van der Waals surface area contributed by atoms with Crippen LogP contribution in [0.2, 0.25) is 0 Å². The van der Waals surface area contributed by atoms with Crippen molar-refractivity contribution >= 4 is 0 Å². The molecular weight excluding hydrogens is 198 g/mol. The molecule has 3 heteroatoms. The van der Waals surface area contributed by atoms with Crippen molar-refractivity contribution in [2.24, 2.45) is 11.8 Å². The third kappa shape index (κ3) is 2.64. The van der Waals surface area contributed by atoms with Crippen LogP contribution in [0.5, 0.6) is 0 Å². The van der Waals surface area contributed by atoms with Crippen LogP contribution in [0.3, 0.4) is 0 Å². The first-order valence-electron chi connectivity index (χ1n) is 6.53. The first-order chi connectivity index (χ1) is 7.81. The zero-order valence-corrected chi connectivity index (χ0v) is 10.4. The standard InChI is InChI=1S/C13H23N3/c1-3-14-12(9-13-15-7-8-16-13)11-6-4-5-10(11)2/h7-8,10-12,14H,3-6,9H2,1-2H3,(H,15,16). The number of rotatable bonds is 5. The maximum atomic E-state index is 4.34. The minimum absolute atomic E-state index is 0.591. The Morgan fingerprint density at radius 1 is 1.56 bits per heavy atom. The lowest BCUT2D eigenvalue weighted by molar-refractivity contribution is 0.296. The van der Waals surface area contributed by atoms with Crippen LogP contribution in [-0.2, 0) is 6.42 Å². The molecule has 2 rings (SSSR count). The van der Waals surface area contributed by atoms with Crippen LogP contribution in [0, 0.1) is 11.8 Å². The van der Waals surface area contributed by atoms with Gasteiger partial charge in [0.05, 0.1) is 0 Å². The van der Waals surface area contributed by atoms with E-state index in [9.17, 15) is 0 Å². The Hall–Kier alpha value is -0.830. The summed E-state index contributed by atoms with van der Waals surface area (Å²) in [6.07, 6.45) is 8.96. The van der Waals surface area contributed by atoms with E-state index in [4.69, 9.17) is 0 Å². The quantitative estimate of drug-likeness (QED) is 0.801. The Balaban J connectivity index is 1.99. The maximum Gasteiger partial charge on any atom is 0.107 e. The summed E-state index contributed by atoms with van der Waals surface area (Å²) in [5.74, 6) is 2.80. The van der Waals surface area contributed by atoms with Crippen molar-refractivity contribution in [2.45, 2.75) is 45.6 Å². The van der Waals surface area contributed by atoms with Crippen molar-refractivity contribution in [1.82, 2.24) is 15.3 Å². The number of aromatic nitrogens is 2. The molecule has 0 aliphatic heterocycles. The van der Waals surface area contributed by atoms with E-state index in [1.165, 1.54) is 19.3 Å². The first kappa shape index (κ1) is 11.6. The zero-order valence-electron chi connectivity index (χ0n) is 10.4. The second kappa shape index (κ2) is 5.48. The largest absolute Gasteiger partial charge is 0.349 e. The van der Waals surface area contributed by atoms with E-state index in [0.717, 1.165) is 30.6 Å². The van der Waals surface area contributed by atoms with Gasteiger partial charge in [0.15, 0.2) is 0 Å². The van der Waals surface area contributed by atoms with Crippen LogP contribution in [0.25, 0.3) is 0 Å². The molecule has 2 N–H and O–H groups in total. The molecule has 1 heterocycles. The van der Waals surface area contributed by atoms with Gasteiger partial charge in [-0.2, -0.15) is 0 Å². The summed E-state index contributed by atoms with van der Waals surface area (Å²) in [5, 5.41) is 3.63. The molecular formula is C13H23N3. The molecule has 3 atom stereocenters. The van der Waals surface area contributed by atoms with Gasteiger partial charge >= 0.3 is 0 Å². The topological polar surface area (TPSA) is 40.7 Å². The zero-order chi connectivity index (χ0) is 11.4. The molecule has 1 aromatic rings. The lowest BCUT2D eigenvalue weighted by atomic mass is 9.88. The van der Waals surface area contributed by atoms with Gasteiger partial charge in [0, 0.05) is 24.9 Å². The van der Waals surface area contributed by atoms with Gasteiger partial charge in [-0.25, -0.2) is 4.98 Å². The second-order valence-corrected chi connectivity index (χ2v) is 4.98. The van der Waals surface area contributed by atoms with Gasteiger partial charge in [0.25, 0.3) is 0 Å². The monoisotopic (exact) mass is 221 g/mol. The average Bonchev–Trinajstić information content (AvgIpc) is 2.88. The number of hydrogen-bond donors (Lipinski definition) is 2. The van der Waals surface area contributed by atoms with Crippen molar-refractivity contribution in [3.63, 3.8) is 0 Å². The molecule has 1 saturated carbocycles. The number of likely N-dealkylation sites (N-methyl/N-ethyl adjacent to an activating group) is 1. The van der Waals surface area contributed by atoms with E-state index in [0.29, 0.717) is 6.04 Å². The van der Waals surface area contributed by atoms with Gasteiger partial charge in [-0.1, -0.05) is 26.7 Å². The van der Waals surface area contributed by atoms with Crippen molar-refractivity contribution < 1.29 is 0 Å². The van der Waals surface area contributed by atoms with E-state index in [-0.39, 0.29) is 0 Å². The summed E-state index contributed by atoms with van der Waals surface area (Å²) >= 11 is 0. The van der Waals surface area contributed by atoms with Crippen molar-refractivity contribution in [3.8, 4) is 0 Å². The summed E-state index contributed by atoms with van der Waals surface area (Å²) in [5.41, 5.74) is 0. The third-order valence-corrected chi connectivity index (χ3v) is 3.88. The van der Waals surface area contributed by atoms with Gasteiger partial charge in [-0.15, -0.1) is 0 Å². The predicted molar refractivity (Wildman–Crippen MR) is 66.3 cm³/mol. The minimum Gasteiger partial charge on any atom is -0.349 e. The van der Waals surface area contributed by atoms with E-state index in [1.54, 1.807) is 0 Å². The molecule has 1 aliphatic carbocycles. The molecule has 0 bridgehead atoms. The predicted octanol–water partition coefficient (Wildman–Crippen LogP) is 2.37. The molecule has 1 fully saturated rings. The van der Waals surface area contributed by atoms with Crippen LogP contribution in [0.4, 0.5) is 0 Å². The molecule has 0 saturated heterocycles. The Morgan fingerprint density at radius 2 is 2.44 bits per heavy atom. The maximum absolute atomic E-state index is 4.34. The summed E-state index contributed by atoms with van der Waals surface area (Å²) in [6.45, 7) is 5.63. The molecule has 0 amide bonds. The molecule has 90 valence electrons. The van der Waals surface area contributed by atoms with Gasteiger partial charge in [-0.3, -0.25) is 0 Å². The number of aromatic amines is 1. The van der Waals surface area contributed by atoms with Crippen LogP contribution >= 0.6 is 0 Å². The molecule has 0 aromatic carbocycles. The van der Waals surface area contributed by atoms with Crippen molar-refractivity contribution in [1.29, 1.82) is 0 Å². The number of nitrogens with zero attached hydrogens (tertiary/aromatic N) is 1. The molecule has 16 heavy (non-hydrogen) atoms. The third-order valence-electron chi connectivity index (χ3n) is 3.88. The fraction of sp³-hybridized carbons (Fsp3) is 0.769. The average molecular weight is 221 g/mol. The van der Waals surface area contributed by atoms with Gasteiger partial charge in [0.2, 0.25) is 0 Å². The first-order valence-corrected chi connectivity index (χ1v) is 6.53. The Kier molecular flexibility index (Phi) is 3.99. The van der Waals surface area contributed by atoms with Crippen molar-refractivity contribution in [2.75, 3.05) is 6.54 Å². The lowest BCUT2D eigenvalue weighted by Gasteiger charge is -2.27. The lowest BCUT2D eigenvalue weighted by Crippen LogP contribution is -2.39. The molecule has 3 unspecified atom stereocenters. The normalized spacial score (nSPS) is 27.1.